The molecule has 2 N–H and O–H groups in total. The summed E-state index contributed by atoms with van der Waals surface area (Å²) in [5.74, 6) is 2.33. The lowest BCUT2D eigenvalue weighted by atomic mass is 10.2. The first-order chi connectivity index (χ1) is 17.4. The minimum atomic E-state index is -0.321. The number of amides is 1. The van der Waals surface area contributed by atoms with Gasteiger partial charge in [-0.2, -0.15) is 4.98 Å². The van der Waals surface area contributed by atoms with Gasteiger partial charge in [0.2, 0.25) is 18.6 Å². The molecule has 2 heterocycles. The van der Waals surface area contributed by atoms with Gasteiger partial charge in [-0.25, -0.2) is 9.97 Å². The van der Waals surface area contributed by atoms with Crippen molar-refractivity contribution in [2.75, 3.05) is 63.7 Å². The zero-order chi connectivity index (χ0) is 25.7. The molecule has 0 bridgehead atoms. The summed E-state index contributed by atoms with van der Waals surface area (Å²) in [5, 5.41) is 6.07. The predicted octanol–water partition coefficient (Wildman–Crippen LogP) is 3.14. The number of fused-ring (bicyclic) bond motifs is 1. The first-order valence-corrected chi connectivity index (χ1v) is 11.3. The molecule has 188 valence electrons. The first-order valence-electron chi connectivity index (χ1n) is 11.3. The number of methoxy groups -OCH3 is 1. The van der Waals surface area contributed by atoms with E-state index in [1.165, 1.54) is 12.4 Å². The van der Waals surface area contributed by atoms with Gasteiger partial charge in [0.15, 0.2) is 17.3 Å². The second-order valence-corrected chi connectivity index (χ2v) is 8.31. The summed E-state index contributed by atoms with van der Waals surface area (Å²) < 4.78 is 16.5. The number of nitrogens with zero attached hydrogens (tertiary/aromatic N) is 5. The molecular formula is C25H29N7O4. The number of benzene rings is 2. The van der Waals surface area contributed by atoms with Gasteiger partial charge in [0, 0.05) is 31.8 Å². The third-order valence-electron chi connectivity index (χ3n) is 5.50. The van der Waals surface area contributed by atoms with Gasteiger partial charge in [0.05, 0.1) is 24.2 Å². The predicted molar refractivity (Wildman–Crippen MR) is 138 cm³/mol. The summed E-state index contributed by atoms with van der Waals surface area (Å²) in [6.45, 7) is 5.32. The maximum Gasteiger partial charge on any atom is 0.247 e. The molecule has 4 rings (SSSR count). The van der Waals surface area contributed by atoms with Crippen LogP contribution in [0.25, 0.3) is 11.4 Å². The van der Waals surface area contributed by atoms with Gasteiger partial charge >= 0.3 is 0 Å². The molecule has 0 aliphatic carbocycles. The van der Waals surface area contributed by atoms with Crippen molar-refractivity contribution in [3.63, 3.8) is 0 Å². The lowest BCUT2D eigenvalue weighted by molar-refractivity contribution is -0.111. The lowest BCUT2D eigenvalue weighted by Crippen LogP contribution is -2.29. The van der Waals surface area contributed by atoms with Crippen molar-refractivity contribution in [2.24, 2.45) is 0 Å². The number of carbonyl (C=O) groups is 1. The van der Waals surface area contributed by atoms with Gasteiger partial charge in [0.25, 0.3) is 0 Å². The number of ether oxygens (including phenoxy) is 3. The molecule has 2 aromatic carbocycles. The average Bonchev–Trinajstić information content (AvgIpc) is 3.35. The number of hydrogen-bond acceptors (Lipinski definition) is 10. The number of carbonyl (C=O) groups excluding carboxylic acids is 1. The van der Waals surface area contributed by atoms with Crippen LogP contribution in [0.5, 0.6) is 17.2 Å². The van der Waals surface area contributed by atoms with Crippen LogP contribution in [0.1, 0.15) is 0 Å². The minimum Gasteiger partial charge on any atom is -0.494 e. The Bertz CT molecular complexity index is 1270. The molecule has 0 saturated heterocycles. The third-order valence-corrected chi connectivity index (χ3v) is 5.50. The Hall–Kier alpha value is -4.38. The fourth-order valence-electron chi connectivity index (χ4n) is 3.56. The summed E-state index contributed by atoms with van der Waals surface area (Å²) in [7, 11) is 7.55. The summed E-state index contributed by atoms with van der Waals surface area (Å²) in [6, 6.07) is 9.14. The Morgan fingerprint density at radius 2 is 1.92 bits per heavy atom. The third kappa shape index (κ3) is 5.63. The lowest BCUT2D eigenvalue weighted by Gasteiger charge is -2.25. The Kier molecular flexibility index (Phi) is 7.50. The van der Waals surface area contributed by atoms with Crippen molar-refractivity contribution >= 4 is 28.9 Å². The van der Waals surface area contributed by atoms with E-state index in [9.17, 15) is 4.79 Å². The second-order valence-electron chi connectivity index (χ2n) is 8.31. The van der Waals surface area contributed by atoms with E-state index in [0.29, 0.717) is 40.4 Å². The van der Waals surface area contributed by atoms with Gasteiger partial charge in [-0.1, -0.05) is 6.58 Å². The Labute approximate surface area is 209 Å². The van der Waals surface area contributed by atoms with E-state index in [4.69, 9.17) is 14.2 Å². The van der Waals surface area contributed by atoms with Crippen LogP contribution in [-0.2, 0) is 4.79 Å². The fourth-order valence-corrected chi connectivity index (χ4v) is 3.56. The van der Waals surface area contributed by atoms with E-state index in [1.54, 1.807) is 13.2 Å². The van der Waals surface area contributed by atoms with Crippen LogP contribution in [-0.4, -0.2) is 73.9 Å². The van der Waals surface area contributed by atoms with Gasteiger partial charge in [-0.15, -0.1) is 0 Å². The normalized spacial score (nSPS) is 11.8. The van der Waals surface area contributed by atoms with Crippen LogP contribution in [0, 0.1) is 0 Å². The maximum absolute atomic E-state index is 12.2. The molecule has 1 amide bonds. The summed E-state index contributed by atoms with van der Waals surface area (Å²) in [5.41, 5.74) is 2.72. The summed E-state index contributed by atoms with van der Waals surface area (Å²) in [6.07, 6.45) is 2.65. The topological polar surface area (TPSA) is 114 Å². The van der Waals surface area contributed by atoms with Crippen molar-refractivity contribution in [3.8, 4) is 28.6 Å². The number of rotatable bonds is 10. The van der Waals surface area contributed by atoms with E-state index >= 15 is 0 Å². The second kappa shape index (κ2) is 10.9. The van der Waals surface area contributed by atoms with Crippen molar-refractivity contribution in [2.45, 2.75) is 0 Å². The van der Waals surface area contributed by atoms with E-state index < -0.39 is 0 Å². The van der Waals surface area contributed by atoms with Crippen molar-refractivity contribution in [1.29, 1.82) is 0 Å². The zero-order valence-electron chi connectivity index (χ0n) is 20.7. The van der Waals surface area contributed by atoms with Crippen LogP contribution in [0.2, 0.25) is 0 Å². The standard InChI is InChI=1S/C25H29N7O4/c1-6-23(33)28-17-12-18(21(34-5)13-19(17)32(4)10-9-31(2)3)29-25-27-14-26-24(30-25)16-7-8-20-22(11-16)36-15-35-20/h6-8,11-14H,1,9-10,15H2,2-5H3,(H,28,33)(H,26,27,29,30). The number of aromatic nitrogens is 3. The molecule has 0 unspecified atom stereocenters. The van der Waals surface area contributed by atoms with Crippen LogP contribution in [0.15, 0.2) is 49.3 Å². The smallest absolute Gasteiger partial charge is 0.247 e. The SMILES string of the molecule is C=CC(=O)Nc1cc(Nc2ncnc(-c3ccc4c(c3)OCO4)n2)c(OC)cc1N(C)CCN(C)C. The molecule has 0 spiro atoms. The zero-order valence-corrected chi connectivity index (χ0v) is 20.7. The number of likely N-dealkylation sites (N-methyl/N-ethyl adjacent to an activating group) is 2. The molecule has 0 radical (unpaired) electrons. The summed E-state index contributed by atoms with van der Waals surface area (Å²) in [4.78, 5) is 29.4. The molecule has 1 aliphatic rings. The van der Waals surface area contributed by atoms with Gasteiger partial charge in [-0.3, -0.25) is 4.79 Å². The van der Waals surface area contributed by atoms with Crippen molar-refractivity contribution in [3.05, 3.63) is 49.3 Å². The number of nitrogens with one attached hydrogen (secondary N) is 2. The van der Waals surface area contributed by atoms with Crippen molar-refractivity contribution in [1.82, 2.24) is 19.9 Å². The van der Waals surface area contributed by atoms with Crippen LogP contribution in [0.4, 0.5) is 23.0 Å². The molecule has 36 heavy (non-hydrogen) atoms. The molecule has 3 aromatic rings. The van der Waals surface area contributed by atoms with Gasteiger partial charge in [-0.05, 0) is 44.4 Å². The van der Waals surface area contributed by atoms with Gasteiger partial charge < -0.3 is 34.6 Å². The van der Waals surface area contributed by atoms with Crippen LogP contribution < -0.4 is 29.7 Å². The van der Waals surface area contributed by atoms with Crippen molar-refractivity contribution < 1.29 is 19.0 Å². The molecule has 0 fully saturated rings. The Balaban J connectivity index is 1.65. The molecule has 1 aromatic heterocycles. The molecule has 11 heteroatoms. The van der Waals surface area contributed by atoms with E-state index in [2.05, 4.69) is 37.1 Å². The Morgan fingerprint density at radius 1 is 1.11 bits per heavy atom. The summed E-state index contributed by atoms with van der Waals surface area (Å²) >= 11 is 0. The van der Waals surface area contributed by atoms with E-state index in [-0.39, 0.29) is 12.7 Å². The Morgan fingerprint density at radius 3 is 2.67 bits per heavy atom. The maximum atomic E-state index is 12.2. The monoisotopic (exact) mass is 491 g/mol. The number of anilines is 4. The van der Waals surface area contributed by atoms with E-state index in [1.807, 2.05) is 50.3 Å². The molecular weight excluding hydrogens is 462 g/mol. The van der Waals surface area contributed by atoms with Gasteiger partial charge in [0.1, 0.15) is 12.1 Å². The average molecular weight is 492 g/mol. The molecule has 1 aliphatic heterocycles. The highest BCUT2D eigenvalue weighted by molar-refractivity contribution is 6.02. The minimum absolute atomic E-state index is 0.188. The van der Waals surface area contributed by atoms with Crippen LogP contribution in [0.3, 0.4) is 0 Å². The highest BCUT2D eigenvalue weighted by atomic mass is 16.7. The molecule has 0 saturated carbocycles. The fraction of sp³-hybridized carbons (Fsp3) is 0.280. The largest absolute Gasteiger partial charge is 0.494 e. The highest BCUT2D eigenvalue weighted by Crippen LogP contribution is 2.38. The molecule has 11 nitrogen and oxygen atoms in total. The number of hydrogen-bond donors (Lipinski definition) is 2. The molecule has 0 atom stereocenters. The first kappa shape index (κ1) is 24.7. The highest BCUT2D eigenvalue weighted by Gasteiger charge is 2.18. The quantitative estimate of drug-likeness (QED) is 0.410. The van der Waals surface area contributed by atoms with Crippen LogP contribution >= 0.6 is 0 Å². The van der Waals surface area contributed by atoms with E-state index in [0.717, 1.165) is 24.3 Å².